The number of fused-ring (bicyclic) bond motifs is 2. The van der Waals surface area contributed by atoms with Crippen LogP contribution in [0.1, 0.15) is 70.6 Å². The zero-order chi connectivity index (χ0) is 23.2. The van der Waals surface area contributed by atoms with Crippen LogP contribution in [0.2, 0.25) is 0 Å². The molecule has 0 aliphatic carbocycles. The predicted octanol–water partition coefficient (Wildman–Crippen LogP) is 5.03. The van der Waals surface area contributed by atoms with E-state index in [9.17, 15) is 9.59 Å². The topological polar surface area (TPSA) is 53.8 Å². The molecule has 168 valence electrons. The van der Waals surface area contributed by atoms with Crippen LogP contribution >= 0.6 is 0 Å². The highest BCUT2D eigenvalue weighted by atomic mass is 16.3. The molecular weight excluding hydrogens is 400 g/mol. The molecule has 1 aliphatic rings. The monoisotopic (exact) mass is 432 g/mol. The second kappa shape index (κ2) is 8.55. The molecular formula is C27H32N2O3. The summed E-state index contributed by atoms with van der Waals surface area (Å²) in [5.41, 5.74) is 5.09. The molecule has 1 amide bonds. The summed E-state index contributed by atoms with van der Waals surface area (Å²) >= 11 is 0. The van der Waals surface area contributed by atoms with Crippen molar-refractivity contribution in [2.75, 3.05) is 27.2 Å². The van der Waals surface area contributed by atoms with Gasteiger partial charge in [0.2, 0.25) is 5.76 Å². The van der Waals surface area contributed by atoms with Crippen molar-refractivity contribution >= 4 is 16.9 Å². The van der Waals surface area contributed by atoms with Crippen LogP contribution in [0.25, 0.3) is 11.0 Å². The van der Waals surface area contributed by atoms with Gasteiger partial charge in [0, 0.05) is 6.54 Å². The van der Waals surface area contributed by atoms with Crippen LogP contribution in [-0.4, -0.2) is 42.9 Å². The molecule has 3 aromatic rings. The molecule has 1 aromatic heterocycles. The molecule has 0 fully saturated rings. The molecule has 1 atom stereocenters. The minimum absolute atomic E-state index is 0.106. The molecule has 5 nitrogen and oxygen atoms in total. The van der Waals surface area contributed by atoms with Gasteiger partial charge < -0.3 is 14.2 Å². The molecule has 0 saturated carbocycles. The first-order valence-corrected chi connectivity index (χ1v) is 11.3. The minimum atomic E-state index is -0.428. The molecule has 0 N–H and O–H groups in total. The van der Waals surface area contributed by atoms with Gasteiger partial charge in [0.05, 0.1) is 17.0 Å². The van der Waals surface area contributed by atoms with Crippen molar-refractivity contribution in [1.29, 1.82) is 0 Å². The summed E-state index contributed by atoms with van der Waals surface area (Å²) in [6.07, 6.45) is 0.819. The first kappa shape index (κ1) is 22.3. The molecule has 0 unspecified atom stereocenters. The third-order valence-electron chi connectivity index (χ3n) is 6.51. The Balaban J connectivity index is 1.88. The highest BCUT2D eigenvalue weighted by Crippen LogP contribution is 2.38. The van der Waals surface area contributed by atoms with E-state index in [0.29, 0.717) is 29.0 Å². The Kier molecular flexibility index (Phi) is 5.95. The van der Waals surface area contributed by atoms with Crippen molar-refractivity contribution in [2.24, 2.45) is 0 Å². The SMILES string of the molecule is Cc1cc2oc3c(c(=O)c2cc1C)[C@@H](c1ccc(C(C)C)cc1)N(CCCN(C)C)C3=O. The first-order valence-electron chi connectivity index (χ1n) is 11.3. The third-order valence-corrected chi connectivity index (χ3v) is 6.51. The van der Waals surface area contributed by atoms with E-state index in [4.69, 9.17) is 4.42 Å². The van der Waals surface area contributed by atoms with Gasteiger partial charge in [0.15, 0.2) is 5.43 Å². The van der Waals surface area contributed by atoms with Crippen LogP contribution in [0.4, 0.5) is 0 Å². The van der Waals surface area contributed by atoms with Crippen LogP contribution < -0.4 is 5.43 Å². The standard InChI is InChI=1S/C27H32N2O3/c1-16(2)19-8-10-20(11-9-19)24-23-25(30)21-14-17(3)18(4)15-22(21)32-26(23)27(31)29(24)13-7-12-28(5)6/h8-11,14-16,24H,7,12-13H2,1-6H3/t24-/m1/s1. The highest BCUT2D eigenvalue weighted by molar-refractivity contribution is 5.99. The Morgan fingerprint density at radius 2 is 1.69 bits per heavy atom. The molecule has 0 spiro atoms. The molecule has 4 rings (SSSR count). The molecule has 2 heterocycles. The quantitative estimate of drug-likeness (QED) is 0.548. The van der Waals surface area contributed by atoms with Gasteiger partial charge in [-0.3, -0.25) is 9.59 Å². The van der Waals surface area contributed by atoms with E-state index in [-0.39, 0.29) is 17.1 Å². The summed E-state index contributed by atoms with van der Waals surface area (Å²) in [5, 5.41) is 0.540. The average molecular weight is 433 g/mol. The van der Waals surface area contributed by atoms with E-state index in [0.717, 1.165) is 29.7 Å². The molecule has 5 heteroatoms. The Hall–Kier alpha value is -2.92. The molecule has 1 aliphatic heterocycles. The van der Waals surface area contributed by atoms with Crippen LogP contribution in [0, 0.1) is 13.8 Å². The summed E-state index contributed by atoms with van der Waals surface area (Å²) in [7, 11) is 4.04. The summed E-state index contributed by atoms with van der Waals surface area (Å²) in [6, 6.07) is 11.6. The van der Waals surface area contributed by atoms with Crippen molar-refractivity contribution in [3.8, 4) is 0 Å². The fourth-order valence-corrected chi connectivity index (χ4v) is 4.47. The Labute approximate surface area is 189 Å². The van der Waals surface area contributed by atoms with Crippen molar-refractivity contribution in [3.05, 3.63) is 80.2 Å². The maximum atomic E-state index is 13.7. The van der Waals surface area contributed by atoms with Gasteiger partial charge in [0.25, 0.3) is 5.91 Å². The minimum Gasteiger partial charge on any atom is -0.450 e. The van der Waals surface area contributed by atoms with Gasteiger partial charge in [-0.25, -0.2) is 0 Å². The zero-order valence-electron chi connectivity index (χ0n) is 19.9. The summed E-state index contributed by atoms with van der Waals surface area (Å²) in [4.78, 5) is 31.0. The molecule has 0 bridgehead atoms. The van der Waals surface area contributed by atoms with E-state index in [1.165, 1.54) is 5.56 Å². The Morgan fingerprint density at radius 1 is 1.03 bits per heavy atom. The van der Waals surface area contributed by atoms with Crippen molar-refractivity contribution in [3.63, 3.8) is 0 Å². The Bertz CT molecular complexity index is 1220. The molecule has 32 heavy (non-hydrogen) atoms. The molecule has 0 radical (unpaired) electrons. The van der Waals surface area contributed by atoms with Crippen LogP contribution in [-0.2, 0) is 0 Å². The van der Waals surface area contributed by atoms with Gasteiger partial charge in [-0.2, -0.15) is 0 Å². The lowest BCUT2D eigenvalue weighted by atomic mass is 9.95. The number of benzene rings is 2. The lowest BCUT2D eigenvalue weighted by molar-refractivity contribution is 0.0722. The van der Waals surface area contributed by atoms with Crippen molar-refractivity contribution < 1.29 is 9.21 Å². The average Bonchev–Trinajstić information content (AvgIpc) is 3.02. The van der Waals surface area contributed by atoms with Crippen molar-refractivity contribution in [1.82, 2.24) is 9.80 Å². The smallest absolute Gasteiger partial charge is 0.290 e. The summed E-state index contributed by atoms with van der Waals surface area (Å²) < 4.78 is 6.10. The number of carbonyl (C=O) groups is 1. The second-order valence-electron chi connectivity index (χ2n) is 9.49. The van der Waals surface area contributed by atoms with E-state index in [1.54, 1.807) is 0 Å². The van der Waals surface area contributed by atoms with E-state index < -0.39 is 6.04 Å². The largest absolute Gasteiger partial charge is 0.450 e. The van der Waals surface area contributed by atoms with Crippen LogP contribution in [0.3, 0.4) is 0 Å². The van der Waals surface area contributed by atoms with Gasteiger partial charge in [-0.05, 0) is 81.2 Å². The van der Waals surface area contributed by atoms with Crippen LogP contribution in [0.5, 0.6) is 0 Å². The van der Waals surface area contributed by atoms with Crippen LogP contribution in [0.15, 0.2) is 45.6 Å². The lowest BCUT2D eigenvalue weighted by Crippen LogP contribution is -2.32. The van der Waals surface area contributed by atoms with E-state index >= 15 is 0 Å². The zero-order valence-corrected chi connectivity index (χ0v) is 19.9. The Morgan fingerprint density at radius 3 is 2.31 bits per heavy atom. The van der Waals surface area contributed by atoms with Gasteiger partial charge in [-0.15, -0.1) is 0 Å². The van der Waals surface area contributed by atoms with Gasteiger partial charge in [-0.1, -0.05) is 38.1 Å². The second-order valence-corrected chi connectivity index (χ2v) is 9.49. The summed E-state index contributed by atoms with van der Waals surface area (Å²) in [5.74, 6) is 0.403. The summed E-state index contributed by atoms with van der Waals surface area (Å²) in [6.45, 7) is 9.70. The highest BCUT2D eigenvalue weighted by Gasteiger charge is 2.42. The van der Waals surface area contributed by atoms with Crippen molar-refractivity contribution in [2.45, 2.75) is 46.1 Å². The van der Waals surface area contributed by atoms with Gasteiger partial charge >= 0.3 is 0 Å². The normalized spacial score (nSPS) is 15.9. The molecule has 2 aromatic carbocycles. The molecule has 0 saturated heterocycles. The van der Waals surface area contributed by atoms with Gasteiger partial charge in [0.1, 0.15) is 5.58 Å². The third kappa shape index (κ3) is 3.86. The lowest BCUT2D eigenvalue weighted by Gasteiger charge is -2.26. The number of hydrogen-bond donors (Lipinski definition) is 0. The number of nitrogens with zero attached hydrogens (tertiary/aromatic N) is 2. The van der Waals surface area contributed by atoms with E-state index in [2.05, 4.69) is 30.9 Å². The fourth-order valence-electron chi connectivity index (χ4n) is 4.47. The fraction of sp³-hybridized carbons (Fsp3) is 0.407. The number of rotatable bonds is 6. The first-order chi connectivity index (χ1) is 15.2. The number of hydrogen-bond acceptors (Lipinski definition) is 4. The maximum Gasteiger partial charge on any atom is 0.290 e. The number of carbonyl (C=O) groups excluding carboxylic acids is 1. The predicted molar refractivity (Wildman–Crippen MR) is 129 cm³/mol. The number of aryl methyl sites for hydroxylation is 2. The van der Waals surface area contributed by atoms with E-state index in [1.807, 2.05) is 57.1 Å². The maximum absolute atomic E-state index is 13.7. The number of amides is 1.